The molecule has 8 nitrogen and oxygen atoms in total. The summed E-state index contributed by atoms with van der Waals surface area (Å²) in [4.78, 5) is 12.7. The number of amides is 2. The van der Waals surface area contributed by atoms with E-state index in [1.165, 1.54) is 26.4 Å². The number of para-hydroxylation sites is 2. The summed E-state index contributed by atoms with van der Waals surface area (Å²) in [6, 6.07) is 17.9. The van der Waals surface area contributed by atoms with Gasteiger partial charge in [0.2, 0.25) is 0 Å². The second-order valence-corrected chi connectivity index (χ2v) is 10.4. The minimum atomic E-state index is -3.76. The fourth-order valence-electron chi connectivity index (χ4n) is 4.32. The van der Waals surface area contributed by atoms with E-state index in [2.05, 4.69) is 10.6 Å². The van der Waals surface area contributed by atoms with Gasteiger partial charge >= 0.3 is 6.03 Å². The van der Waals surface area contributed by atoms with Gasteiger partial charge in [-0.25, -0.2) is 17.6 Å². The molecule has 0 aliphatic heterocycles. The Morgan fingerprint density at radius 1 is 0.973 bits per heavy atom. The van der Waals surface area contributed by atoms with Crippen LogP contribution in [-0.2, 0) is 16.4 Å². The molecule has 0 saturated carbocycles. The van der Waals surface area contributed by atoms with Crippen LogP contribution in [0.4, 0.5) is 14.9 Å². The van der Waals surface area contributed by atoms with Crippen LogP contribution in [0.1, 0.15) is 11.3 Å². The Morgan fingerprint density at radius 2 is 1.70 bits per heavy atom. The molecule has 4 rings (SSSR count). The topological polar surface area (TPSA) is 98.7 Å². The Labute approximate surface area is 214 Å². The van der Waals surface area contributed by atoms with E-state index in [1.807, 2.05) is 16.7 Å². The third-order valence-corrected chi connectivity index (χ3v) is 7.92. The SMILES string of the molecule is COc1cccc(NC(=O)NCCS(=O)(=O)c2c(C)n(Cc3ccc(F)cc3)c3ccccc23)c1OC. The number of halogens is 1. The van der Waals surface area contributed by atoms with Gasteiger partial charge in [0, 0.05) is 29.7 Å². The maximum absolute atomic E-state index is 13.4. The summed E-state index contributed by atoms with van der Waals surface area (Å²) in [5, 5.41) is 5.86. The zero-order valence-corrected chi connectivity index (χ0v) is 21.6. The lowest BCUT2D eigenvalue weighted by molar-refractivity contribution is 0.252. The fraction of sp³-hybridized carbons (Fsp3) is 0.222. The maximum atomic E-state index is 13.4. The molecule has 0 unspecified atom stereocenters. The number of nitrogens with one attached hydrogen (secondary N) is 2. The number of hydrogen-bond donors (Lipinski definition) is 2. The molecular formula is C27H28FN3O5S. The molecule has 0 bridgehead atoms. The number of ether oxygens (including phenoxy) is 2. The van der Waals surface area contributed by atoms with E-state index in [0.717, 1.165) is 11.1 Å². The molecule has 4 aromatic rings. The van der Waals surface area contributed by atoms with Crippen molar-refractivity contribution in [3.63, 3.8) is 0 Å². The van der Waals surface area contributed by atoms with E-state index < -0.39 is 15.9 Å². The molecule has 1 aromatic heterocycles. The van der Waals surface area contributed by atoms with Crippen LogP contribution in [-0.4, -0.2) is 45.5 Å². The third kappa shape index (κ3) is 5.54. The Bertz CT molecular complexity index is 1530. The van der Waals surface area contributed by atoms with Crippen LogP contribution in [0.2, 0.25) is 0 Å². The molecule has 1 heterocycles. The van der Waals surface area contributed by atoms with Gasteiger partial charge in [0.25, 0.3) is 0 Å². The monoisotopic (exact) mass is 525 g/mol. The lowest BCUT2D eigenvalue weighted by atomic mass is 10.2. The number of anilines is 1. The first kappa shape index (κ1) is 26.0. The molecule has 2 amide bonds. The van der Waals surface area contributed by atoms with Crippen molar-refractivity contribution in [2.75, 3.05) is 31.8 Å². The van der Waals surface area contributed by atoms with E-state index in [9.17, 15) is 17.6 Å². The van der Waals surface area contributed by atoms with Gasteiger partial charge in [-0.2, -0.15) is 0 Å². The van der Waals surface area contributed by atoms with Gasteiger partial charge in [-0.05, 0) is 42.8 Å². The van der Waals surface area contributed by atoms with Crippen molar-refractivity contribution in [2.24, 2.45) is 0 Å². The number of carbonyl (C=O) groups excluding carboxylic acids is 1. The standard InChI is InChI=1S/C27H28FN3O5S/c1-18-26(21-7-4-5-9-23(21)31(18)17-19-11-13-20(28)14-12-19)37(33,34)16-15-29-27(32)30-22-8-6-10-24(35-2)25(22)36-3/h4-14H,15-17H2,1-3H3,(H2,29,30,32). The summed E-state index contributed by atoms with van der Waals surface area (Å²) in [6.45, 7) is 2.05. The zero-order chi connectivity index (χ0) is 26.6. The Kier molecular flexibility index (Phi) is 7.68. The third-order valence-electron chi connectivity index (χ3n) is 6.05. The summed E-state index contributed by atoms with van der Waals surface area (Å²) in [7, 11) is -0.804. The quantitative estimate of drug-likeness (QED) is 0.329. The molecule has 0 fully saturated rings. The molecular weight excluding hydrogens is 497 g/mol. The van der Waals surface area contributed by atoms with Crippen molar-refractivity contribution in [3.8, 4) is 11.5 Å². The van der Waals surface area contributed by atoms with Gasteiger partial charge in [0.1, 0.15) is 5.82 Å². The smallest absolute Gasteiger partial charge is 0.319 e. The van der Waals surface area contributed by atoms with Crippen molar-refractivity contribution in [1.82, 2.24) is 9.88 Å². The lowest BCUT2D eigenvalue weighted by Crippen LogP contribution is -2.33. The first-order valence-corrected chi connectivity index (χ1v) is 13.2. The molecule has 0 aliphatic rings. The highest BCUT2D eigenvalue weighted by Gasteiger charge is 2.25. The predicted molar refractivity (Wildman–Crippen MR) is 141 cm³/mol. The fourth-order valence-corrected chi connectivity index (χ4v) is 5.96. The number of sulfone groups is 1. The van der Waals surface area contributed by atoms with E-state index in [1.54, 1.807) is 49.4 Å². The predicted octanol–water partition coefficient (Wildman–Crippen LogP) is 4.75. The molecule has 2 N–H and O–H groups in total. The normalized spacial score (nSPS) is 11.4. The van der Waals surface area contributed by atoms with Gasteiger partial charge < -0.3 is 24.7 Å². The number of hydrogen-bond acceptors (Lipinski definition) is 5. The number of methoxy groups -OCH3 is 2. The molecule has 37 heavy (non-hydrogen) atoms. The van der Waals surface area contributed by atoms with Crippen molar-refractivity contribution in [3.05, 3.63) is 83.8 Å². The number of rotatable bonds is 9. The van der Waals surface area contributed by atoms with Crippen molar-refractivity contribution < 1.29 is 27.1 Å². The van der Waals surface area contributed by atoms with Gasteiger partial charge in [-0.1, -0.05) is 36.4 Å². The highest BCUT2D eigenvalue weighted by Crippen LogP contribution is 2.34. The largest absolute Gasteiger partial charge is 0.493 e. The second kappa shape index (κ2) is 10.9. The maximum Gasteiger partial charge on any atom is 0.319 e. The average molecular weight is 526 g/mol. The van der Waals surface area contributed by atoms with Crippen LogP contribution < -0.4 is 20.1 Å². The van der Waals surface area contributed by atoms with Crippen LogP contribution in [0.15, 0.2) is 71.6 Å². The zero-order valence-electron chi connectivity index (χ0n) is 20.7. The average Bonchev–Trinajstić information content (AvgIpc) is 3.16. The molecule has 0 radical (unpaired) electrons. The summed E-state index contributed by atoms with van der Waals surface area (Å²) in [5.41, 5.74) is 2.58. The van der Waals surface area contributed by atoms with E-state index in [0.29, 0.717) is 34.8 Å². The van der Waals surface area contributed by atoms with Crippen molar-refractivity contribution in [2.45, 2.75) is 18.4 Å². The van der Waals surface area contributed by atoms with Gasteiger partial charge in [0.15, 0.2) is 21.3 Å². The van der Waals surface area contributed by atoms with Crippen LogP contribution in [0.3, 0.4) is 0 Å². The minimum Gasteiger partial charge on any atom is -0.493 e. The number of benzene rings is 3. The van der Waals surface area contributed by atoms with Gasteiger partial charge in [-0.15, -0.1) is 0 Å². The highest BCUT2D eigenvalue weighted by molar-refractivity contribution is 7.91. The van der Waals surface area contributed by atoms with Crippen LogP contribution in [0.5, 0.6) is 11.5 Å². The number of nitrogens with zero attached hydrogens (tertiary/aromatic N) is 1. The minimum absolute atomic E-state index is 0.0998. The summed E-state index contributed by atoms with van der Waals surface area (Å²) in [6.07, 6.45) is 0. The summed E-state index contributed by atoms with van der Waals surface area (Å²) in [5.74, 6) is 0.191. The van der Waals surface area contributed by atoms with Crippen LogP contribution >= 0.6 is 0 Å². The second-order valence-electron chi connectivity index (χ2n) is 8.39. The molecule has 3 aromatic carbocycles. The molecule has 10 heteroatoms. The number of urea groups is 1. The first-order chi connectivity index (χ1) is 17.7. The summed E-state index contributed by atoms with van der Waals surface area (Å²) >= 11 is 0. The Morgan fingerprint density at radius 3 is 2.41 bits per heavy atom. The Hall–Kier alpha value is -4.05. The van der Waals surface area contributed by atoms with E-state index in [-0.39, 0.29) is 23.0 Å². The Balaban J connectivity index is 1.51. The number of fused-ring (bicyclic) bond motifs is 1. The highest BCUT2D eigenvalue weighted by atomic mass is 32.2. The van der Waals surface area contributed by atoms with Crippen LogP contribution in [0, 0.1) is 12.7 Å². The first-order valence-electron chi connectivity index (χ1n) is 11.6. The molecule has 0 aliphatic carbocycles. The van der Waals surface area contributed by atoms with Gasteiger partial charge in [0.05, 0.1) is 30.6 Å². The molecule has 0 atom stereocenters. The molecule has 0 spiro atoms. The lowest BCUT2D eigenvalue weighted by Gasteiger charge is -2.14. The molecule has 194 valence electrons. The summed E-state index contributed by atoms with van der Waals surface area (Å²) < 4.78 is 52.7. The van der Waals surface area contributed by atoms with Crippen LogP contribution in [0.25, 0.3) is 10.9 Å². The van der Waals surface area contributed by atoms with E-state index in [4.69, 9.17) is 9.47 Å². The van der Waals surface area contributed by atoms with Crippen molar-refractivity contribution >= 4 is 32.5 Å². The number of carbonyl (C=O) groups is 1. The van der Waals surface area contributed by atoms with Crippen molar-refractivity contribution in [1.29, 1.82) is 0 Å². The molecule has 0 saturated heterocycles. The van der Waals surface area contributed by atoms with E-state index >= 15 is 0 Å². The number of aromatic nitrogens is 1. The van der Waals surface area contributed by atoms with Gasteiger partial charge in [-0.3, -0.25) is 0 Å².